The number of nitrogens with one attached hydrogen (secondary N) is 1. The number of hydrogen-bond donors (Lipinski definition) is 2. The molecule has 0 bridgehead atoms. The molecule has 5 heteroatoms. The standard InChI is InChI=1S/C19H22N2O2.ClH/c20-17-8-6-15-7-9-18(11-16(15)10-17)23-13-19(22)21-12-14-4-2-1-3-5-14;/h1-5,7,9,11,17H,6,8,10,12-13,20H2,(H,21,22);1H. The van der Waals surface area contributed by atoms with Gasteiger partial charge in [0.1, 0.15) is 5.75 Å². The number of benzene rings is 2. The Hall–Kier alpha value is -2.04. The van der Waals surface area contributed by atoms with Gasteiger partial charge in [-0.2, -0.15) is 0 Å². The molecule has 0 aromatic heterocycles. The van der Waals surface area contributed by atoms with Crippen LogP contribution in [0.4, 0.5) is 0 Å². The average Bonchev–Trinajstić information content (AvgIpc) is 2.58. The summed E-state index contributed by atoms with van der Waals surface area (Å²) >= 11 is 0. The van der Waals surface area contributed by atoms with E-state index in [-0.39, 0.29) is 31.0 Å². The summed E-state index contributed by atoms with van der Waals surface area (Å²) in [5.41, 5.74) is 9.67. The summed E-state index contributed by atoms with van der Waals surface area (Å²) in [6.45, 7) is 0.541. The summed E-state index contributed by atoms with van der Waals surface area (Å²) in [7, 11) is 0. The molecule has 3 rings (SSSR count). The van der Waals surface area contributed by atoms with E-state index in [1.807, 2.05) is 42.5 Å². The molecule has 1 aliphatic carbocycles. The first-order chi connectivity index (χ1) is 11.2. The zero-order valence-corrected chi connectivity index (χ0v) is 14.4. The van der Waals surface area contributed by atoms with Gasteiger partial charge in [-0.3, -0.25) is 4.79 Å². The van der Waals surface area contributed by atoms with Crippen LogP contribution in [-0.4, -0.2) is 18.6 Å². The topological polar surface area (TPSA) is 64.3 Å². The van der Waals surface area contributed by atoms with Crippen molar-refractivity contribution in [3.05, 3.63) is 65.2 Å². The van der Waals surface area contributed by atoms with Crippen LogP contribution in [0.5, 0.6) is 5.75 Å². The Morgan fingerprint density at radius 1 is 1.17 bits per heavy atom. The van der Waals surface area contributed by atoms with E-state index in [0.29, 0.717) is 6.54 Å². The first kappa shape index (κ1) is 18.3. The van der Waals surface area contributed by atoms with E-state index in [4.69, 9.17) is 10.5 Å². The molecule has 1 atom stereocenters. The molecule has 1 unspecified atom stereocenters. The van der Waals surface area contributed by atoms with E-state index < -0.39 is 0 Å². The number of nitrogens with two attached hydrogens (primary N) is 1. The van der Waals surface area contributed by atoms with Crippen LogP contribution in [0.3, 0.4) is 0 Å². The summed E-state index contributed by atoms with van der Waals surface area (Å²) in [5, 5.41) is 2.85. The van der Waals surface area contributed by atoms with Crippen LogP contribution < -0.4 is 15.8 Å². The third-order valence-electron chi connectivity index (χ3n) is 4.15. The van der Waals surface area contributed by atoms with Gasteiger partial charge in [0.15, 0.2) is 6.61 Å². The van der Waals surface area contributed by atoms with Crippen LogP contribution in [0.1, 0.15) is 23.1 Å². The lowest BCUT2D eigenvalue weighted by Crippen LogP contribution is -2.29. The number of carbonyl (C=O) groups is 1. The Bertz CT molecular complexity index is 676. The van der Waals surface area contributed by atoms with Crippen molar-refractivity contribution in [2.75, 3.05) is 6.61 Å². The minimum absolute atomic E-state index is 0. The van der Waals surface area contributed by atoms with Crippen molar-refractivity contribution in [2.24, 2.45) is 5.73 Å². The van der Waals surface area contributed by atoms with Gasteiger partial charge in [0.05, 0.1) is 0 Å². The van der Waals surface area contributed by atoms with Gasteiger partial charge >= 0.3 is 0 Å². The van der Waals surface area contributed by atoms with E-state index in [2.05, 4.69) is 11.4 Å². The highest BCUT2D eigenvalue weighted by Crippen LogP contribution is 2.24. The molecule has 128 valence electrons. The number of amides is 1. The zero-order valence-electron chi connectivity index (χ0n) is 13.5. The number of aryl methyl sites for hydroxylation is 1. The highest BCUT2D eigenvalue weighted by atomic mass is 35.5. The van der Waals surface area contributed by atoms with Crippen LogP contribution in [0.25, 0.3) is 0 Å². The van der Waals surface area contributed by atoms with Gasteiger partial charge in [-0.05, 0) is 48.1 Å². The van der Waals surface area contributed by atoms with Gasteiger partial charge in [0.25, 0.3) is 5.91 Å². The molecule has 2 aromatic rings. The lowest BCUT2D eigenvalue weighted by molar-refractivity contribution is -0.123. The molecule has 4 nitrogen and oxygen atoms in total. The molecule has 0 aliphatic heterocycles. The van der Waals surface area contributed by atoms with Crippen LogP contribution in [-0.2, 0) is 24.2 Å². The SMILES string of the molecule is Cl.NC1CCc2ccc(OCC(=O)NCc3ccccc3)cc2C1. The second kappa shape index (κ2) is 8.71. The highest BCUT2D eigenvalue weighted by molar-refractivity contribution is 5.85. The Morgan fingerprint density at radius 2 is 1.96 bits per heavy atom. The van der Waals surface area contributed by atoms with Crippen molar-refractivity contribution in [2.45, 2.75) is 31.8 Å². The van der Waals surface area contributed by atoms with Crippen molar-refractivity contribution < 1.29 is 9.53 Å². The molecule has 24 heavy (non-hydrogen) atoms. The molecule has 1 aliphatic rings. The maximum atomic E-state index is 11.9. The number of ether oxygens (including phenoxy) is 1. The van der Waals surface area contributed by atoms with Crippen molar-refractivity contribution in [1.82, 2.24) is 5.32 Å². The van der Waals surface area contributed by atoms with E-state index in [0.717, 1.165) is 30.6 Å². The summed E-state index contributed by atoms with van der Waals surface area (Å²) in [6.07, 6.45) is 2.94. The van der Waals surface area contributed by atoms with E-state index in [9.17, 15) is 4.79 Å². The average molecular weight is 347 g/mol. The zero-order chi connectivity index (χ0) is 16.1. The molecule has 0 radical (unpaired) electrons. The van der Waals surface area contributed by atoms with Crippen molar-refractivity contribution >= 4 is 18.3 Å². The fraction of sp³-hybridized carbons (Fsp3) is 0.316. The van der Waals surface area contributed by atoms with Crippen LogP contribution in [0.2, 0.25) is 0 Å². The van der Waals surface area contributed by atoms with Gasteiger partial charge in [0.2, 0.25) is 0 Å². The maximum Gasteiger partial charge on any atom is 0.258 e. The van der Waals surface area contributed by atoms with Crippen LogP contribution in [0.15, 0.2) is 48.5 Å². The number of halogens is 1. The minimum Gasteiger partial charge on any atom is -0.484 e. The van der Waals surface area contributed by atoms with Gasteiger partial charge in [0, 0.05) is 12.6 Å². The summed E-state index contributed by atoms with van der Waals surface area (Å²) in [5.74, 6) is 0.607. The fourth-order valence-electron chi connectivity index (χ4n) is 2.85. The third-order valence-corrected chi connectivity index (χ3v) is 4.15. The van der Waals surface area contributed by atoms with Gasteiger partial charge in [-0.25, -0.2) is 0 Å². The lowest BCUT2D eigenvalue weighted by atomic mass is 9.89. The van der Waals surface area contributed by atoms with E-state index in [1.54, 1.807) is 0 Å². The summed E-state index contributed by atoms with van der Waals surface area (Å²) in [4.78, 5) is 11.9. The molecule has 0 heterocycles. The number of carbonyl (C=O) groups excluding carboxylic acids is 1. The molecule has 0 saturated heterocycles. The molecule has 0 saturated carbocycles. The van der Waals surface area contributed by atoms with Crippen LogP contribution in [0, 0.1) is 0 Å². The summed E-state index contributed by atoms with van der Waals surface area (Å²) < 4.78 is 5.60. The monoisotopic (exact) mass is 346 g/mol. The second-order valence-corrected chi connectivity index (χ2v) is 5.98. The Kier molecular flexibility index (Phi) is 6.64. The van der Waals surface area contributed by atoms with Crippen molar-refractivity contribution in [3.63, 3.8) is 0 Å². The van der Waals surface area contributed by atoms with Gasteiger partial charge in [-0.15, -0.1) is 12.4 Å². The number of fused-ring (bicyclic) bond motifs is 1. The van der Waals surface area contributed by atoms with Gasteiger partial charge < -0.3 is 15.8 Å². The van der Waals surface area contributed by atoms with Gasteiger partial charge in [-0.1, -0.05) is 36.4 Å². The fourth-order valence-corrected chi connectivity index (χ4v) is 2.85. The van der Waals surface area contributed by atoms with Crippen molar-refractivity contribution in [3.8, 4) is 5.75 Å². The molecule has 1 amide bonds. The third kappa shape index (κ3) is 4.98. The number of rotatable bonds is 5. The summed E-state index contributed by atoms with van der Waals surface area (Å²) in [6, 6.07) is 16.1. The normalized spacial score (nSPS) is 15.8. The van der Waals surface area contributed by atoms with E-state index in [1.165, 1.54) is 11.1 Å². The van der Waals surface area contributed by atoms with E-state index >= 15 is 0 Å². The maximum absolute atomic E-state index is 11.9. The molecule has 0 fully saturated rings. The minimum atomic E-state index is -0.122. The quantitative estimate of drug-likeness (QED) is 0.874. The molecular formula is C19H23ClN2O2. The first-order valence-corrected chi connectivity index (χ1v) is 8.01. The Morgan fingerprint density at radius 3 is 2.75 bits per heavy atom. The second-order valence-electron chi connectivity index (χ2n) is 5.98. The predicted octanol–water partition coefficient (Wildman–Crippen LogP) is 2.62. The number of hydrogen-bond acceptors (Lipinski definition) is 3. The first-order valence-electron chi connectivity index (χ1n) is 8.01. The predicted molar refractivity (Wildman–Crippen MR) is 97.5 cm³/mol. The molecular weight excluding hydrogens is 324 g/mol. The molecule has 2 aromatic carbocycles. The smallest absolute Gasteiger partial charge is 0.258 e. The molecule has 0 spiro atoms. The Balaban J connectivity index is 0.00000208. The lowest BCUT2D eigenvalue weighted by Gasteiger charge is -2.21. The highest BCUT2D eigenvalue weighted by Gasteiger charge is 2.16. The molecule has 3 N–H and O–H groups in total. The largest absolute Gasteiger partial charge is 0.484 e. The van der Waals surface area contributed by atoms with Crippen molar-refractivity contribution in [1.29, 1.82) is 0 Å². The Labute approximate surface area is 148 Å². The van der Waals surface area contributed by atoms with Crippen LogP contribution >= 0.6 is 12.4 Å².